The molecule has 162 valence electrons. The molecule has 0 amide bonds. The van der Waals surface area contributed by atoms with Crippen molar-refractivity contribution < 1.29 is 0 Å². The summed E-state index contributed by atoms with van der Waals surface area (Å²) >= 11 is 0. The maximum atomic E-state index is 5.03. The Hall–Kier alpha value is -4.57. The fourth-order valence-corrected chi connectivity index (χ4v) is 6.59. The quantitative estimate of drug-likeness (QED) is 0.243. The molecule has 0 aliphatic heterocycles. The molecule has 0 saturated carbocycles. The molecule has 0 saturated heterocycles. The Morgan fingerprint density at radius 3 is 2.57 bits per heavy atom. The number of fused-ring (bicyclic) bond motifs is 16. The normalized spacial score (nSPS) is 13.5. The molecular formula is C31H18N4. The summed E-state index contributed by atoms with van der Waals surface area (Å²) in [6.45, 7) is 0. The van der Waals surface area contributed by atoms with Crippen molar-refractivity contribution in [1.29, 1.82) is 0 Å². The van der Waals surface area contributed by atoms with Gasteiger partial charge < -0.3 is 0 Å². The van der Waals surface area contributed by atoms with Crippen LogP contribution in [0.15, 0.2) is 85.3 Å². The molecule has 2 aliphatic rings. The standard InChI is InChI=1S/C31H18N4/c1-2-5-19-17(4-1)14-24-20(19)8-7-18-15-25-21(28(18)24)9-10-23-29(25)22-11-13-32-16-27(22)35-30(23)34-26-6-3-12-33-31(26)35/h1-13,16H,14-15H2. The number of pyridine rings is 3. The molecule has 0 atom stereocenters. The maximum absolute atomic E-state index is 5.03. The van der Waals surface area contributed by atoms with Crippen molar-refractivity contribution >= 4 is 38.5 Å². The van der Waals surface area contributed by atoms with Crippen LogP contribution < -0.4 is 0 Å². The topological polar surface area (TPSA) is 43.1 Å². The molecule has 0 bridgehead atoms. The van der Waals surface area contributed by atoms with Gasteiger partial charge in [-0.3, -0.25) is 9.38 Å². The van der Waals surface area contributed by atoms with Crippen LogP contribution in [0.5, 0.6) is 0 Å². The third kappa shape index (κ3) is 2.11. The van der Waals surface area contributed by atoms with E-state index in [2.05, 4.69) is 69.0 Å². The molecule has 4 heterocycles. The zero-order chi connectivity index (χ0) is 22.7. The number of hydrogen-bond donors (Lipinski definition) is 0. The molecular weight excluding hydrogens is 428 g/mol. The van der Waals surface area contributed by atoms with Crippen molar-refractivity contribution in [2.24, 2.45) is 0 Å². The van der Waals surface area contributed by atoms with E-state index in [9.17, 15) is 0 Å². The summed E-state index contributed by atoms with van der Waals surface area (Å²) < 4.78 is 2.17. The second-order valence-electron chi connectivity index (χ2n) is 9.66. The van der Waals surface area contributed by atoms with Gasteiger partial charge in [0.15, 0.2) is 5.65 Å². The van der Waals surface area contributed by atoms with Crippen molar-refractivity contribution in [3.8, 4) is 22.3 Å². The molecule has 4 heteroatoms. The average molecular weight is 447 g/mol. The number of aromatic nitrogens is 4. The van der Waals surface area contributed by atoms with Crippen molar-refractivity contribution in [2.45, 2.75) is 12.8 Å². The van der Waals surface area contributed by atoms with Crippen LogP contribution >= 0.6 is 0 Å². The first-order chi connectivity index (χ1) is 17.4. The van der Waals surface area contributed by atoms with E-state index in [1.807, 2.05) is 30.7 Å². The molecule has 0 N–H and O–H groups in total. The largest absolute Gasteiger partial charge is 0.274 e. The summed E-state index contributed by atoms with van der Waals surface area (Å²) in [7, 11) is 0. The van der Waals surface area contributed by atoms with Crippen molar-refractivity contribution in [3.63, 3.8) is 0 Å². The molecule has 0 unspecified atom stereocenters. The fraction of sp³-hybridized carbons (Fsp3) is 0.0645. The van der Waals surface area contributed by atoms with E-state index in [1.54, 1.807) is 0 Å². The van der Waals surface area contributed by atoms with Crippen LogP contribution in [0.3, 0.4) is 0 Å². The summed E-state index contributed by atoms with van der Waals surface area (Å²) in [5, 5.41) is 3.67. The molecule has 35 heavy (non-hydrogen) atoms. The minimum absolute atomic E-state index is 0.877. The Balaban J connectivity index is 1.42. The van der Waals surface area contributed by atoms with Gasteiger partial charge in [0, 0.05) is 23.2 Å². The van der Waals surface area contributed by atoms with E-state index in [0.29, 0.717) is 0 Å². The molecule has 9 rings (SSSR count). The van der Waals surface area contributed by atoms with Crippen LogP contribution in [0.2, 0.25) is 0 Å². The second kappa shape index (κ2) is 6.10. The highest BCUT2D eigenvalue weighted by atomic mass is 15.1. The second-order valence-corrected chi connectivity index (χ2v) is 9.66. The van der Waals surface area contributed by atoms with E-state index in [1.165, 1.54) is 60.7 Å². The Morgan fingerprint density at radius 1 is 0.657 bits per heavy atom. The third-order valence-electron chi connectivity index (χ3n) is 7.99. The highest BCUT2D eigenvalue weighted by Crippen LogP contribution is 2.50. The minimum Gasteiger partial charge on any atom is -0.274 e. The summed E-state index contributed by atoms with van der Waals surface area (Å²) in [6.07, 6.45) is 7.63. The number of nitrogens with zero attached hydrogens (tertiary/aromatic N) is 4. The summed E-state index contributed by atoms with van der Waals surface area (Å²) in [5.74, 6) is 0. The molecule has 2 aliphatic carbocycles. The van der Waals surface area contributed by atoms with Crippen molar-refractivity contribution in [1.82, 2.24) is 19.4 Å². The SMILES string of the molecule is c1ccc2c(c1)Cc1c-2ccc2c1-c1ccc3c(c1C2)c1ccncc1n1c2ncccc2nc31. The fourth-order valence-electron chi connectivity index (χ4n) is 6.59. The van der Waals surface area contributed by atoms with Gasteiger partial charge in [-0.25, -0.2) is 9.97 Å². The predicted octanol–water partition coefficient (Wildman–Crippen LogP) is 6.73. The third-order valence-corrected chi connectivity index (χ3v) is 7.99. The van der Waals surface area contributed by atoms with Crippen LogP contribution in [0.25, 0.3) is 60.7 Å². The van der Waals surface area contributed by atoms with Gasteiger partial charge in [0.25, 0.3) is 0 Å². The molecule has 7 aromatic rings. The van der Waals surface area contributed by atoms with Gasteiger partial charge >= 0.3 is 0 Å². The zero-order valence-corrected chi connectivity index (χ0v) is 18.8. The van der Waals surface area contributed by atoms with E-state index in [4.69, 9.17) is 4.98 Å². The van der Waals surface area contributed by atoms with Gasteiger partial charge in [-0.05, 0) is 87.0 Å². The smallest absolute Gasteiger partial charge is 0.165 e. The first kappa shape index (κ1) is 17.8. The highest BCUT2D eigenvalue weighted by Gasteiger charge is 2.30. The van der Waals surface area contributed by atoms with Gasteiger partial charge in [-0.1, -0.05) is 42.5 Å². The Bertz CT molecular complexity index is 2070. The van der Waals surface area contributed by atoms with Crippen LogP contribution in [0.4, 0.5) is 0 Å². The van der Waals surface area contributed by atoms with Crippen LogP contribution in [0.1, 0.15) is 22.3 Å². The molecule has 0 spiro atoms. The predicted molar refractivity (Wildman–Crippen MR) is 140 cm³/mol. The molecule has 0 radical (unpaired) electrons. The van der Waals surface area contributed by atoms with Crippen LogP contribution in [-0.4, -0.2) is 19.4 Å². The number of hydrogen-bond acceptors (Lipinski definition) is 3. The lowest BCUT2D eigenvalue weighted by Gasteiger charge is -2.13. The van der Waals surface area contributed by atoms with Crippen LogP contribution in [0, 0.1) is 0 Å². The molecule has 4 nitrogen and oxygen atoms in total. The number of benzene rings is 3. The number of rotatable bonds is 0. The molecule has 4 aromatic heterocycles. The first-order valence-corrected chi connectivity index (χ1v) is 12.0. The lowest BCUT2D eigenvalue weighted by molar-refractivity contribution is 1.22. The van der Waals surface area contributed by atoms with E-state index in [0.717, 1.165) is 35.2 Å². The number of imidazole rings is 1. The van der Waals surface area contributed by atoms with Crippen molar-refractivity contribution in [3.05, 3.63) is 108 Å². The Labute approximate surface area is 200 Å². The summed E-state index contributed by atoms with van der Waals surface area (Å²) in [4.78, 5) is 14.2. The van der Waals surface area contributed by atoms with Crippen LogP contribution in [-0.2, 0) is 12.8 Å². The van der Waals surface area contributed by atoms with Gasteiger partial charge in [0.1, 0.15) is 11.2 Å². The Kier molecular flexibility index (Phi) is 3.11. The van der Waals surface area contributed by atoms with E-state index >= 15 is 0 Å². The minimum atomic E-state index is 0.877. The average Bonchev–Trinajstić information content (AvgIpc) is 3.59. The molecule has 0 fully saturated rings. The van der Waals surface area contributed by atoms with Gasteiger partial charge in [-0.15, -0.1) is 0 Å². The molecule has 3 aromatic carbocycles. The lowest BCUT2D eigenvalue weighted by Crippen LogP contribution is -1.96. The monoisotopic (exact) mass is 446 g/mol. The summed E-state index contributed by atoms with van der Waals surface area (Å²) in [6, 6.07) is 24.2. The van der Waals surface area contributed by atoms with Crippen molar-refractivity contribution in [2.75, 3.05) is 0 Å². The van der Waals surface area contributed by atoms with E-state index in [-0.39, 0.29) is 0 Å². The van der Waals surface area contributed by atoms with E-state index < -0.39 is 0 Å². The Morgan fingerprint density at radius 2 is 1.57 bits per heavy atom. The summed E-state index contributed by atoms with van der Waals surface area (Å²) in [5.41, 5.74) is 15.1. The lowest BCUT2D eigenvalue weighted by atomic mass is 9.93. The van der Waals surface area contributed by atoms with Gasteiger partial charge in [0.2, 0.25) is 0 Å². The first-order valence-electron chi connectivity index (χ1n) is 12.0. The zero-order valence-electron chi connectivity index (χ0n) is 18.8. The highest BCUT2D eigenvalue weighted by molar-refractivity contribution is 6.17. The van der Waals surface area contributed by atoms with Gasteiger partial charge in [-0.2, -0.15) is 0 Å². The van der Waals surface area contributed by atoms with Gasteiger partial charge in [0.05, 0.1) is 11.7 Å². The maximum Gasteiger partial charge on any atom is 0.165 e.